The summed E-state index contributed by atoms with van der Waals surface area (Å²) in [5, 5.41) is 12.1. The zero-order chi connectivity index (χ0) is 23.3. The Kier molecular flexibility index (Phi) is 7.51. The number of methoxy groups -OCH3 is 1. The molecule has 2 aromatic heterocycles. The molecule has 3 N–H and O–H groups in total. The first-order valence-electron chi connectivity index (χ1n) is 11.2. The van der Waals surface area contributed by atoms with Crippen molar-refractivity contribution in [1.82, 2.24) is 14.5 Å². The van der Waals surface area contributed by atoms with Gasteiger partial charge in [-0.3, -0.25) is 0 Å². The molecule has 4 rings (SSSR count). The van der Waals surface area contributed by atoms with Crippen LogP contribution in [-0.4, -0.2) is 52.2 Å². The van der Waals surface area contributed by atoms with Gasteiger partial charge in [0.2, 0.25) is 5.95 Å². The fourth-order valence-corrected chi connectivity index (χ4v) is 4.37. The summed E-state index contributed by atoms with van der Waals surface area (Å²) in [7, 11) is 1.65. The Balaban J connectivity index is 1.71. The topological polar surface area (TPSA) is 95.4 Å². The van der Waals surface area contributed by atoms with E-state index in [2.05, 4.69) is 26.4 Å². The van der Waals surface area contributed by atoms with Gasteiger partial charge in [-0.05, 0) is 43.9 Å². The van der Waals surface area contributed by atoms with Gasteiger partial charge in [0, 0.05) is 41.9 Å². The third-order valence-electron chi connectivity index (χ3n) is 5.93. The van der Waals surface area contributed by atoms with Gasteiger partial charge in [0.1, 0.15) is 5.60 Å². The number of nitrogens with zero attached hydrogens (tertiary/aromatic N) is 3. The van der Waals surface area contributed by atoms with Crippen LogP contribution in [0.15, 0.2) is 30.6 Å². The van der Waals surface area contributed by atoms with Gasteiger partial charge in [0.15, 0.2) is 0 Å². The van der Waals surface area contributed by atoms with Crippen LogP contribution in [0.3, 0.4) is 0 Å². The highest BCUT2D eigenvalue weighted by Gasteiger charge is 2.26. The van der Waals surface area contributed by atoms with Crippen LogP contribution in [0.2, 0.25) is 5.02 Å². The summed E-state index contributed by atoms with van der Waals surface area (Å²) in [6, 6.07) is 6.02. The summed E-state index contributed by atoms with van der Waals surface area (Å²) in [5.74, 6) is 6.46. The zero-order valence-corrected chi connectivity index (χ0v) is 19.6. The maximum atomic E-state index is 10.8. The third kappa shape index (κ3) is 5.66. The van der Waals surface area contributed by atoms with Crippen LogP contribution < -0.4 is 5.73 Å². The number of rotatable bonds is 7. The Morgan fingerprint density at radius 2 is 2.03 bits per heavy atom. The van der Waals surface area contributed by atoms with Crippen molar-refractivity contribution in [3.05, 3.63) is 41.2 Å². The van der Waals surface area contributed by atoms with Gasteiger partial charge in [0.25, 0.3) is 0 Å². The first-order valence-corrected chi connectivity index (χ1v) is 11.6. The second-order valence-electron chi connectivity index (χ2n) is 8.34. The van der Waals surface area contributed by atoms with E-state index >= 15 is 0 Å². The van der Waals surface area contributed by atoms with Crippen molar-refractivity contribution in [1.29, 1.82) is 0 Å². The smallest absolute Gasteiger partial charge is 0.220 e. The lowest BCUT2D eigenvalue weighted by molar-refractivity contribution is 0.0610. The molecule has 1 aromatic carbocycles. The largest absolute Gasteiger partial charge is 0.382 e. The van der Waals surface area contributed by atoms with Gasteiger partial charge >= 0.3 is 0 Å². The van der Waals surface area contributed by atoms with Crippen LogP contribution in [-0.2, 0) is 16.0 Å². The molecule has 1 saturated carbocycles. The summed E-state index contributed by atoms with van der Waals surface area (Å²) in [4.78, 5) is 8.37. The van der Waals surface area contributed by atoms with Crippen LogP contribution in [0.5, 0.6) is 0 Å². The quantitative estimate of drug-likeness (QED) is 0.401. The van der Waals surface area contributed by atoms with E-state index in [1.165, 1.54) is 6.20 Å². The summed E-state index contributed by atoms with van der Waals surface area (Å²) in [5.41, 5.74) is 8.21. The Hall–Kier alpha value is -2.63. The Morgan fingerprint density at radius 3 is 2.82 bits per heavy atom. The van der Waals surface area contributed by atoms with Crippen LogP contribution in [0, 0.1) is 11.8 Å². The van der Waals surface area contributed by atoms with Crippen molar-refractivity contribution in [3.63, 3.8) is 0 Å². The van der Waals surface area contributed by atoms with E-state index in [4.69, 9.17) is 26.8 Å². The summed E-state index contributed by atoms with van der Waals surface area (Å²) in [6.07, 6.45) is 8.15. The van der Waals surface area contributed by atoms with E-state index in [9.17, 15) is 5.11 Å². The molecule has 2 heterocycles. The molecule has 7 nitrogen and oxygen atoms in total. The molecule has 0 unspecified atom stereocenters. The number of aromatic nitrogens is 3. The monoisotopic (exact) mass is 468 g/mol. The summed E-state index contributed by atoms with van der Waals surface area (Å²) < 4.78 is 12.8. The number of hydrogen-bond donors (Lipinski definition) is 2. The molecule has 8 heteroatoms. The molecule has 0 atom stereocenters. The van der Waals surface area contributed by atoms with E-state index in [1.807, 2.05) is 24.4 Å². The average molecular weight is 469 g/mol. The minimum atomic E-state index is -0.897. The minimum absolute atomic E-state index is 0.161. The lowest BCUT2D eigenvalue weighted by atomic mass is 9.85. The van der Waals surface area contributed by atoms with Crippen LogP contribution >= 0.6 is 11.6 Å². The number of nitrogens with two attached hydrogens (primary N) is 1. The van der Waals surface area contributed by atoms with Crippen molar-refractivity contribution in [2.24, 2.45) is 0 Å². The average Bonchev–Trinajstić information content (AvgIpc) is 3.17. The van der Waals surface area contributed by atoms with Gasteiger partial charge in [-0.25, -0.2) is 9.97 Å². The number of nitrogen functional groups attached to an aromatic ring is 1. The molecular weight excluding hydrogens is 440 g/mol. The SMILES string of the molecule is COCCOCCn1cc(-c2nc(N)ncc2Cl)c2cc(C#CC3(O)CCCCC3)ccc21. The highest BCUT2D eigenvalue weighted by atomic mass is 35.5. The first-order chi connectivity index (χ1) is 16.0. The van der Waals surface area contributed by atoms with E-state index < -0.39 is 5.60 Å². The Morgan fingerprint density at radius 1 is 1.21 bits per heavy atom. The lowest BCUT2D eigenvalue weighted by Crippen LogP contribution is -2.29. The van der Waals surface area contributed by atoms with Gasteiger partial charge in [-0.2, -0.15) is 0 Å². The molecule has 0 bridgehead atoms. The van der Waals surface area contributed by atoms with Crippen molar-refractivity contribution in [2.75, 3.05) is 32.7 Å². The second kappa shape index (κ2) is 10.5. The standard InChI is InChI=1S/C25H29ClN4O3/c1-32-13-14-33-12-11-30-17-20(23-21(26)16-28-24(27)29-23)19-15-18(5-6-22(19)30)7-10-25(31)8-3-2-4-9-25/h5-6,15-17,31H,2-4,8-9,11-14H2,1H3,(H2,27,28,29). The molecule has 1 aliphatic carbocycles. The normalized spacial score (nSPS) is 15.4. The second-order valence-corrected chi connectivity index (χ2v) is 8.75. The van der Waals surface area contributed by atoms with Crippen molar-refractivity contribution in [2.45, 2.75) is 44.2 Å². The Bertz CT molecular complexity index is 1180. The number of aliphatic hydroxyl groups is 1. The van der Waals surface area contributed by atoms with Crippen molar-refractivity contribution in [3.8, 4) is 23.1 Å². The lowest BCUT2D eigenvalue weighted by Gasteiger charge is -2.26. The summed E-state index contributed by atoms with van der Waals surface area (Å²) in [6.45, 7) is 2.30. The fourth-order valence-electron chi connectivity index (χ4n) is 4.18. The number of halogens is 1. The highest BCUT2D eigenvalue weighted by molar-refractivity contribution is 6.33. The molecule has 1 aliphatic rings. The van der Waals surface area contributed by atoms with Gasteiger partial charge in [-0.1, -0.05) is 29.9 Å². The maximum Gasteiger partial charge on any atom is 0.220 e. The number of ether oxygens (including phenoxy) is 2. The fraction of sp³-hybridized carbons (Fsp3) is 0.440. The van der Waals surface area contributed by atoms with E-state index in [1.54, 1.807) is 7.11 Å². The number of fused-ring (bicyclic) bond motifs is 1. The molecule has 174 valence electrons. The molecular formula is C25H29ClN4O3. The number of hydrogen-bond acceptors (Lipinski definition) is 6. The third-order valence-corrected chi connectivity index (χ3v) is 6.20. The predicted octanol–water partition coefficient (Wildman–Crippen LogP) is 4.04. The number of anilines is 1. The van der Waals surface area contributed by atoms with Gasteiger partial charge in [-0.15, -0.1) is 0 Å². The minimum Gasteiger partial charge on any atom is -0.382 e. The maximum absolute atomic E-state index is 10.8. The van der Waals surface area contributed by atoms with Crippen LogP contribution in [0.4, 0.5) is 5.95 Å². The predicted molar refractivity (Wildman–Crippen MR) is 130 cm³/mol. The molecule has 33 heavy (non-hydrogen) atoms. The molecule has 0 aliphatic heterocycles. The molecule has 0 amide bonds. The molecule has 1 fully saturated rings. The van der Waals surface area contributed by atoms with Crippen LogP contribution in [0.1, 0.15) is 37.7 Å². The zero-order valence-electron chi connectivity index (χ0n) is 18.8. The molecule has 0 radical (unpaired) electrons. The van der Waals surface area contributed by atoms with E-state index in [0.29, 0.717) is 37.1 Å². The van der Waals surface area contributed by atoms with Crippen molar-refractivity contribution >= 4 is 28.5 Å². The van der Waals surface area contributed by atoms with E-state index in [0.717, 1.165) is 54.1 Å². The van der Waals surface area contributed by atoms with Crippen LogP contribution in [0.25, 0.3) is 22.2 Å². The molecule has 3 aromatic rings. The number of benzene rings is 1. The first kappa shape index (κ1) is 23.5. The van der Waals surface area contributed by atoms with Gasteiger partial charge in [0.05, 0.1) is 36.7 Å². The highest BCUT2D eigenvalue weighted by Crippen LogP contribution is 2.34. The molecule has 0 spiro atoms. The Labute approximate surface area is 198 Å². The molecule has 0 saturated heterocycles. The summed E-state index contributed by atoms with van der Waals surface area (Å²) >= 11 is 6.43. The van der Waals surface area contributed by atoms with Crippen molar-refractivity contribution < 1.29 is 14.6 Å². The van der Waals surface area contributed by atoms with Gasteiger partial charge < -0.3 is 24.9 Å². The van der Waals surface area contributed by atoms with E-state index in [-0.39, 0.29) is 5.95 Å².